The predicted octanol–water partition coefficient (Wildman–Crippen LogP) is 6.23. The molecule has 0 saturated heterocycles. The van der Waals surface area contributed by atoms with E-state index < -0.39 is 5.97 Å². The lowest BCUT2D eigenvalue weighted by molar-refractivity contribution is -0.137. The lowest BCUT2D eigenvalue weighted by Crippen LogP contribution is -2.27. The van der Waals surface area contributed by atoms with Crippen molar-refractivity contribution in [2.24, 2.45) is 5.10 Å². The maximum absolute atomic E-state index is 13.4. The lowest BCUT2D eigenvalue weighted by atomic mass is 9.96. The molecule has 0 fully saturated rings. The molecule has 2 heterocycles. The Labute approximate surface area is 223 Å². The molecule has 3 aromatic carbocycles. The van der Waals surface area contributed by atoms with Crippen LogP contribution in [0.15, 0.2) is 101 Å². The molecule has 5 rings (SSSR count). The molecule has 1 atom stereocenters. The van der Waals surface area contributed by atoms with Crippen LogP contribution >= 0.6 is 15.9 Å². The Bertz CT molecular complexity index is 1430. The monoisotopic (exact) mass is 556 g/mol. The Morgan fingerprint density at radius 3 is 2.24 bits per heavy atom. The Hall–Kier alpha value is -4.04. The van der Waals surface area contributed by atoms with E-state index in [0.29, 0.717) is 6.42 Å². The molecule has 0 spiro atoms. The van der Waals surface area contributed by atoms with Gasteiger partial charge in [0.25, 0.3) is 0 Å². The molecule has 0 saturated carbocycles. The number of hydrazone groups is 1. The number of halogens is 1. The molecule has 1 N–H and O–H groups in total. The molecule has 7 nitrogen and oxygen atoms in total. The van der Waals surface area contributed by atoms with Gasteiger partial charge in [0.05, 0.1) is 23.1 Å². The molecule has 0 unspecified atom stereocenters. The highest BCUT2D eigenvalue weighted by Crippen LogP contribution is 2.38. The first-order valence-corrected chi connectivity index (χ1v) is 12.9. The van der Waals surface area contributed by atoms with Crippen LogP contribution < -0.4 is 0 Å². The third-order valence-electron chi connectivity index (χ3n) is 6.29. The van der Waals surface area contributed by atoms with Gasteiger partial charge in [0, 0.05) is 41.1 Å². The minimum Gasteiger partial charge on any atom is -0.481 e. The Morgan fingerprint density at radius 1 is 0.892 bits per heavy atom. The highest BCUT2D eigenvalue weighted by molar-refractivity contribution is 9.10. The SMILES string of the molecule is O=C(O)CCCC(=O)N1N=C(c2ccc(Br)cc2)C[C@@H]1c1cn(-c2ccccc2)nc1-c1ccccc1. The molecule has 4 aromatic rings. The summed E-state index contributed by atoms with van der Waals surface area (Å²) in [5.41, 5.74) is 5.27. The third-order valence-corrected chi connectivity index (χ3v) is 6.82. The van der Waals surface area contributed by atoms with Gasteiger partial charge in [0.1, 0.15) is 0 Å². The van der Waals surface area contributed by atoms with Crippen molar-refractivity contribution >= 4 is 33.5 Å². The largest absolute Gasteiger partial charge is 0.481 e. The van der Waals surface area contributed by atoms with E-state index in [1.54, 1.807) is 0 Å². The topological polar surface area (TPSA) is 87.8 Å². The zero-order valence-electron chi connectivity index (χ0n) is 20.0. The van der Waals surface area contributed by atoms with Gasteiger partial charge in [0.15, 0.2) is 0 Å². The van der Waals surface area contributed by atoms with E-state index in [4.69, 9.17) is 15.3 Å². The number of hydrogen-bond acceptors (Lipinski definition) is 4. The average molecular weight is 557 g/mol. The minimum atomic E-state index is -0.916. The predicted molar refractivity (Wildman–Crippen MR) is 145 cm³/mol. The zero-order valence-corrected chi connectivity index (χ0v) is 21.6. The number of para-hydroxylation sites is 1. The Kier molecular flexibility index (Phi) is 7.28. The molecule has 0 bridgehead atoms. The lowest BCUT2D eigenvalue weighted by Gasteiger charge is -2.22. The van der Waals surface area contributed by atoms with Crippen LogP contribution in [0.1, 0.15) is 42.9 Å². The van der Waals surface area contributed by atoms with Gasteiger partial charge in [0.2, 0.25) is 5.91 Å². The van der Waals surface area contributed by atoms with Gasteiger partial charge in [-0.05, 0) is 36.2 Å². The van der Waals surface area contributed by atoms with Crippen LogP contribution in [0.3, 0.4) is 0 Å². The zero-order chi connectivity index (χ0) is 25.8. The summed E-state index contributed by atoms with van der Waals surface area (Å²) >= 11 is 3.47. The highest BCUT2D eigenvalue weighted by Gasteiger charge is 2.36. The summed E-state index contributed by atoms with van der Waals surface area (Å²) in [6.45, 7) is 0. The van der Waals surface area contributed by atoms with Crippen molar-refractivity contribution in [1.82, 2.24) is 14.8 Å². The molecule has 0 aliphatic carbocycles. The standard InChI is InChI=1S/C29H25BrN4O3/c30-22-16-14-20(15-17-22)25-18-26(34(31-25)27(35)12-7-13-28(36)37)24-19-33(23-10-5-2-6-11-23)32-29(24)21-8-3-1-4-9-21/h1-6,8-11,14-17,19,26H,7,12-13,18H2,(H,36,37)/t26-/m1/s1. The molecule has 0 radical (unpaired) electrons. The summed E-state index contributed by atoms with van der Waals surface area (Å²) in [5.74, 6) is -1.12. The maximum Gasteiger partial charge on any atom is 0.303 e. The van der Waals surface area contributed by atoms with Gasteiger partial charge in [-0.1, -0.05) is 76.6 Å². The fraction of sp³-hybridized carbons (Fsp3) is 0.172. The van der Waals surface area contributed by atoms with Gasteiger partial charge in [-0.25, -0.2) is 9.69 Å². The van der Waals surface area contributed by atoms with Gasteiger partial charge >= 0.3 is 5.97 Å². The van der Waals surface area contributed by atoms with Crippen LogP contribution in [-0.2, 0) is 9.59 Å². The molecule has 1 aliphatic rings. The molecular formula is C29H25BrN4O3. The summed E-state index contributed by atoms with van der Waals surface area (Å²) in [6.07, 6.45) is 2.80. The van der Waals surface area contributed by atoms with Gasteiger partial charge in [-0.3, -0.25) is 9.59 Å². The molecular weight excluding hydrogens is 532 g/mol. The number of benzene rings is 3. The Balaban J connectivity index is 1.56. The van der Waals surface area contributed by atoms with Crippen LogP contribution in [0.5, 0.6) is 0 Å². The van der Waals surface area contributed by atoms with Gasteiger partial charge < -0.3 is 5.11 Å². The number of rotatable bonds is 8. The first-order chi connectivity index (χ1) is 18.0. The number of nitrogens with zero attached hydrogens (tertiary/aromatic N) is 4. The van der Waals surface area contributed by atoms with Crippen LogP contribution in [-0.4, -0.2) is 37.5 Å². The van der Waals surface area contributed by atoms with Crippen molar-refractivity contribution in [2.45, 2.75) is 31.7 Å². The fourth-order valence-corrected chi connectivity index (χ4v) is 4.73. The van der Waals surface area contributed by atoms with Crippen LogP contribution in [0, 0.1) is 0 Å². The summed E-state index contributed by atoms with van der Waals surface area (Å²) in [5, 5.41) is 20.3. The maximum atomic E-state index is 13.4. The van der Waals surface area contributed by atoms with Crippen molar-refractivity contribution in [3.05, 3.63) is 107 Å². The first kappa shape index (κ1) is 24.6. The van der Waals surface area contributed by atoms with E-state index in [2.05, 4.69) is 15.9 Å². The smallest absolute Gasteiger partial charge is 0.303 e. The van der Waals surface area contributed by atoms with Crippen molar-refractivity contribution in [1.29, 1.82) is 0 Å². The first-order valence-electron chi connectivity index (χ1n) is 12.1. The van der Waals surface area contributed by atoms with Crippen LogP contribution in [0.25, 0.3) is 16.9 Å². The fourth-order valence-electron chi connectivity index (χ4n) is 4.47. The van der Waals surface area contributed by atoms with Gasteiger partial charge in [-0.2, -0.15) is 10.2 Å². The average Bonchev–Trinajstić information content (AvgIpc) is 3.55. The molecule has 37 heavy (non-hydrogen) atoms. The number of amides is 1. The number of carboxylic acids is 1. The van der Waals surface area contributed by atoms with Crippen molar-refractivity contribution in [2.75, 3.05) is 0 Å². The quantitative estimate of drug-likeness (QED) is 0.278. The van der Waals surface area contributed by atoms with E-state index in [9.17, 15) is 9.59 Å². The number of aromatic nitrogens is 2. The molecule has 1 aliphatic heterocycles. The van der Waals surface area contributed by atoms with E-state index in [1.807, 2.05) is 95.8 Å². The second kappa shape index (κ2) is 10.9. The van der Waals surface area contributed by atoms with Crippen molar-refractivity contribution in [3.63, 3.8) is 0 Å². The molecule has 1 amide bonds. The summed E-state index contributed by atoms with van der Waals surface area (Å²) in [6, 6.07) is 27.2. The Morgan fingerprint density at radius 2 is 1.57 bits per heavy atom. The van der Waals surface area contributed by atoms with Gasteiger partial charge in [-0.15, -0.1) is 0 Å². The van der Waals surface area contributed by atoms with Crippen molar-refractivity contribution in [3.8, 4) is 16.9 Å². The summed E-state index contributed by atoms with van der Waals surface area (Å²) < 4.78 is 2.80. The van der Waals surface area contributed by atoms with Crippen LogP contribution in [0.2, 0.25) is 0 Å². The molecule has 186 valence electrons. The number of carbonyl (C=O) groups is 2. The number of carboxylic acid groups (broad SMARTS) is 1. The second-order valence-corrected chi connectivity index (χ2v) is 9.75. The van der Waals surface area contributed by atoms with E-state index in [0.717, 1.165) is 38.3 Å². The van der Waals surface area contributed by atoms with E-state index >= 15 is 0 Å². The normalized spacial score (nSPS) is 15.0. The number of hydrogen-bond donors (Lipinski definition) is 1. The van der Waals surface area contributed by atoms with E-state index in [-0.39, 0.29) is 31.2 Å². The van der Waals surface area contributed by atoms with Crippen molar-refractivity contribution < 1.29 is 14.7 Å². The summed E-state index contributed by atoms with van der Waals surface area (Å²) in [4.78, 5) is 24.4. The van der Waals surface area contributed by atoms with Crippen LogP contribution in [0.4, 0.5) is 0 Å². The number of aliphatic carboxylic acids is 1. The van der Waals surface area contributed by atoms with E-state index in [1.165, 1.54) is 5.01 Å². The number of carbonyl (C=O) groups excluding carboxylic acids is 1. The minimum absolute atomic E-state index is 0.0608. The highest BCUT2D eigenvalue weighted by atomic mass is 79.9. The summed E-state index contributed by atoms with van der Waals surface area (Å²) in [7, 11) is 0. The molecule has 8 heteroatoms. The third kappa shape index (κ3) is 5.54. The second-order valence-electron chi connectivity index (χ2n) is 8.84. The molecule has 1 aromatic heterocycles.